The van der Waals surface area contributed by atoms with Crippen LogP contribution in [0.1, 0.15) is 39.3 Å². The van der Waals surface area contributed by atoms with E-state index in [9.17, 15) is 19.7 Å². The fourth-order valence-corrected chi connectivity index (χ4v) is 3.44. The second-order valence-electron chi connectivity index (χ2n) is 6.97. The van der Waals surface area contributed by atoms with Crippen molar-refractivity contribution in [1.29, 1.82) is 0 Å². The number of hydrogen-bond acceptors (Lipinski definition) is 4. The zero-order chi connectivity index (χ0) is 17.6. The highest BCUT2D eigenvalue weighted by molar-refractivity contribution is 6.32. The van der Waals surface area contributed by atoms with Crippen LogP contribution in [-0.4, -0.2) is 17.1 Å². The number of amides is 1. The summed E-state index contributed by atoms with van der Waals surface area (Å²) in [6.07, 6.45) is 0.231. The molecule has 1 amide bonds. The van der Waals surface area contributed by atoms with Gasteiger partial charge >= 0.3 is 0 Å². The molecule has 0 bridgehead atoms. The minimum Gasteiger partial charge on any atom is -0.326 e. The molecule has 1 N–H and O–H groups in total. The maximum absolute atomic E-state index is 12.4. The summed E-state index contributed by atoms with van der Waals surface area (Å²) < 4.78 is 0. The van der Waals surface area contributed by atoms with Crippen LogP contribution in [-0.2, 0) is 9.59 Å². The average molecular weight is 339 g/mol. The third-order valence-electron chi connectivity index (χ3n) is 5.23. The zero-order valence-corrected chi connectivity index (χ0v) is 14.2. The van der Waals surface area contributed by atoms with Gasteiger partial charge in [-0.2, -0.15) is 0 Å². The number of nitrogens with one attached hydrogen (secondary N) is 1. The van der Waals surface area contributed by atoms with E-state index in [4.69, 9.17) is 11.6 Å². The molecule has 1 fully saturated rings. The van der Waals surface area contributed by atoms with Gasteiger partial charge in [0, 0.05) is 16.5 Å². The molecule has 1 atom stereocenters. The molecule has 1 aliphatic carbocycles. The van der Waals surface area contributed by atoms with Gasteiger partial charge in [-0.15, -0.1) is 0 Å². The van der Waals surface area contributed by atoms with Crippen LogP contribution in [0.4, 0.5) is 5.69 Å². The van der Waals surface area contributed by atoms with E-state index in [2.05, 4.69) is 5.32 Å². The Morgan fingerprint density at radius 1 is 1.35 bits per heavy atom. The van der Waals surface area contributed by atoms with Crippen LogP contribution < -0.4 is 5.32 Å². The first kappa shape index (κ1) is 17.4. The second kappa shape index (κ2) is 5.60. The molecule has 1 saturated carbocycles. The van der Waals surface area contributed by atoms with Gasteiger partial charge in [-0.3, -0.25) is 19.7 Å². The number of benzene rings is 1. The predicted molar refractivity (Wildman–Crippen MR) is 86.9 cm³/mol. The van der Waals surface area contributed by atoms with Crippen molar-refractivity contribution in [3.63, 3.8) is 0 Å². The van der Waals surface area contributed by atoms with Gasteiger partial charge in [0.1, 0.15) is 0 Å². The molecule has 23 heavy (non-hydrogen) atoms. The molecule has 0 spiro atoms. The van der Waals surface area contributed by atoms with Crippen molar-refractivity contribution < 1.29 is 14.5 Å². The van der Waals surface area contributed by atoms with Crippen LogP contribution in [0, 0.1) is 26.9 Å². The van der Waals surface area contributed by atoms with Crippen molar-refractivity contribution in [1.82, 2.24) is 0 Å². The van der Waals surface area contributed by atoms with E-state index in [1.165, 1.54) is 18.2 Å². The standard InChI is InChI=1S/C16H19ClN2O4/c1-15(2)13(16(15,3)4)14(21)18-9-5-6-10(11(17)7-9)12(8-20)19(22)23/h5-8,12-13H,1-4H3,(H,18,21). The molecule has 1 unspecified atom stereocenters. The summed E-state index contributed by atoms with van der Waals surface area (Å²) in [5.41, 5.74) is 0.386. The fraction of sp³-hybridized carbons (Fsp3) is 0.500. The minimum atomic E-state index is -1.51. The van der Waals surface area contributed by atoms with E-state index in [0.29, 0.717) is 5.69 Å². The lowest BCUT2D eigenvalue weighted by Crippen LogP contribution is -2.18. The average Bonchev–Trinajstić information content (AvgIpc) is 2.82. The molecule has 1 aliphatic rings. The molecule has 6 nitrogen and oxygen atoms in total. The third kappa shape index (κ3) is 2.83. The summed E-state index contributed by atoms with van der Waals surface area (Å²) in [5.74, 6) is -0.222. The van der Waals surface area contributed by atoms with E-state index < -0.39 is 11.0 Å². The summed E-state index contributed by atoms with van der Waals surface area (Å²) >= 11 is 6.02. The van der Waals surface area contributed by atoms with Crippen LogP contribution >= 0.6 is 11.6 Å². The monoisotopic (exact) mass is 338 g/mol. The molecule has 0 radical (unpaired) electrons. The van der Waals surface area contributed by atoms with Gasteiger partial charge in [-0.05, 0) is 29.0 Å². The van der Waals surface area contributed by atoms with E-state index in [1.807, 2.05) is 27.7 Å². The Hall–Kier alpha value is -1.95. The lowest BCUT2D eigenvalue weighted by molar-refractivity contribution is -0.511. The number of nitrogens with zero attached hydrogens (tertiary/aromatic N) is 1. The molecule has 124 valence electrons. The first-order chi connectivity index (χ1) is 10.5. The number of hydrogen-bond donors (Lipinski definition) is 1. The van der Waals surface area contributed by atoms with E-state index in [-0.39, 0.29) is 39.5 Å². The highest BCUT2D eigenvalue weighted by Crippen LogP contribution is 2.68. The SMILES string of the molecule is CC1(C)C(C(=O)Nc2ccc(C(C=O)[N+](=O)[O-])c(Cl)c2)C1(C)C. The Morgan fingerprint density at radius 3 is 2.30 bits per heavy atom. The maximum atomic E-state index is 12.4. The molecule has 0 saturated heterocycles. The van der Waals surface area contributed by atoms with Crippen molar-refractivity contribution in [2.24, 2.45) is 16.7 Å². The number of carbonyl (C=O) groups excluding carboxylic acids is 2. The fourth-order valence-electron chi connectivity index (χ4n) is 3.15. The van der Waals surface area contributed by atoms with Crippen molar-refractivity contribution >= 4 is 29.5 Å². The highest BCUT2D eigenvalue weighted by Gasteiger charge is 2.68. The Morgan fingerprint density at radius 2 is 1.91 bits per heavy atom. The molecule has 2 rings (SSSR count). The van der Waals surface area contributed by atoms with Crippen molar-refractivity contribution in [3.05, 3.63) is 38.9 Å². The Labute approximate surface area is 139 Å². The topological polar surface area (TPSA) is 89.3 Å². The molecule has 0 aliphatic heterocycles. The first-order valence-corrected chi connectivity index (χ1v) is 7.61. The van der Waals surface area contributed by atoms with Gasteiger partial charge < -0.3 is 5.32 Å². The molecule has 1 aromatic rings. The molecule has 1 aromatic carbocycles. The molecule has 7 heteroatoms. The van der Waals surface area contributed by atoms with Gasteiger partial charge in [-0.1, -0.05) is 39.3 Å². The van der Waals surface area contributed by atoms with Gasteiger partial charge in [0.25, 0.3) is 6.04 Å². The predicted octanol–water partition coefficient (Wildman–Crippen LogP) is 3.48. The summed E-state index contributed by atoms with van der Waals surface area (Å²) in [5, 5.41) is 13.7. The Balaban J connectivity index is 2.18. The smallest absolute Gasteiger partial charge is 0.293 e. The lowest BCUT2D eigenvalue weighted by atomic mass is 10.0. The maximum Gasteiger partial charge on any atom is 0.293 e. The molecular formula is C16H19ClN2O4. The largest absolute Gasteiger partial charge is 0.326 e. The zero-order valence-electron chi connectivity index (χ0n) is 13.4. The highest BCUT2D eigenvalue weighted by atomic mass is 35.5. The number of aldehydes is 1. The van der Waals surface area contributed by atoms with Crippen molar-refractivity contribution in [3.8, 4) is 0 Å². The molecule has 0 heterocycles. The van der Waals surface area contributed by atoms with E-state index >= 15 is 0 Å². The van der Waals surface area contributed by atoms with Gasteiger partial charge in [0.15, 0.2) is 6.29 Å². The normalized spacial score (nSPS) is 19.7. The van der Waals surface area contributed by atoms with Crippen molar-refractivity contribution in [2.45, 2.75) is 33.7 Å². The van der Waals surface area contributed by atoms with Crippen molar-refractivity contribution in [2.75, 3.05) is 5.32 Å². The number of halogens is 1. The number of nitro groups is 1. The number of anilines is 1. The second-order valence-corrected chi connectivity index (χ2v) is 7.38. The van der Waals surface area contributed by atoms with E-state index in [1.54, 1.807) is 0 Å². The first-order valence-electron chi connectivity index (χ1n) is 7.23. The summed E-state index contributed by atoms with van der Waals surface area (Å²) in [6.45, 7) is 8.16. The molecule has 0 aromatic heterocycles. The summed E-state index contributed by atoms with van der Waals surface area (Å²) in [6, 6.07) is 2.83. The lowest BCUT2D eigenvalue weighted by Gasteiger charge is -2.10. The van der Waals surface area contributed by atoms with Gasteiger partial charge in [0.05, 0.1) is 10.6 Å². The minimum absolute atomic E-state index is 0.0749. The quantitative estimate of drug-likeness (QED) is 0.505. The van der Waals surface area contributed by atoms with Gasteiger partial charge in [0.2, 0.25) is 5.91 Å². The van der Waals surface area contributed by atoms with Crippen LogP contribution in [0.15, 0.2) is 18.2 Å². The van der Waals surface area contributed by atoms with E-state index in [0.717, 1.165) is 0 Å². The number of carbonyl (C=O) groups is 2. The van der Waals surface area contributed by atoms with Crippen LogP contribution in [0.25, 0.3) is 0 Å². The summed E-state index contributed by atoms with van der Waals surface area (Å²) in [4.78, 5) is 33.3. The van der Waals surface area contributed by atoms with Crippen LogP contribution in [0.3, 0.4) is 0 Å². The van der Waals surface area contributed by atoms with Crippen LogP contribution in [0.5, 0.6) is 0 Å². The molecular weight excluding hydrogens is 320 g/mol. The third-order valence-corrected chi connectivity index (χ3v) is 5.55. The Kier molecular flexibility index (Phi) is 4.24. The number of rotatable bonds is 5. The summed E-state index contributed by atoms with van der Waals surface area (Å²) in [7, 11) is 0. The van der Waals surface area contributed by atoms with Crippen LogP contribution in [0.2, 0.25) is 5.02 Å². The van der Waals surface area contributed by atoms with Gasteiger partial charge in [-0.25, -0.2) is 0 Å². The Bertz CT molecular complexity index is 671.